The summed E-state index contributed by atoms with van der Waals surface area (Å²) in [5, 5.41) is 11.0. The van der Waals surface area contributed by atoms with Crippen LogP contribution in [-0.2, 0) is 6.42 Å². The maximum Gasteiger partial charge on any atom is 0.272 e. The van der Waals surface area contributed by atoms with Gasteiger partial charge in [0.05, 0.1) is 4.92 Å². The predicted molar refractivity (Wildman–Crippen MR) is 107 cm³/mol. The third-order valence-electron chi connectivity index (χ3n) is 4.48. The molecule has 2 aromatic rings. The van der Waals surface area contributed by atoms with Gasteiger partial charge >= 0.3 is 0 Å². The summed E-state index contributed by atoms with van der Waals surface area (Å²) >= 11 is 0. The van der Waals surface area contributed by atoms with Crippen LogP contribution in [0.2, 0.25) is 0 Å². The van der Waals surface area contributed by atoms with Gasteiger partial charge in [0.15, 0.2) is 0 Å². The lowest BCUT2D eigenvalue weighted by Gasteiger charge is -2.25. The van der Waals surface area contributed by atoms with Gasteiger partial charge in [0.25, 0.3) is 11.6 Å². The molecule has 0 unspecified atom stereocenters. The number of rotatable bonds is 9. The van der Waals surface area contributed by atoms with Crippen molar-refractivity contribution in [3.05, 3.63) is 75.3 Å². The first-order valence-corrected chi connectivity index (χ1v) is 9.11. The fraction of sp³-hybridized carbons (Fsp3) is 0.381. The molecule has 0 saturated heterocycles. The lowest BCUT2D eigenvalue weighted by atomic mass is 10.1. The van der Waals surface area contributed by atoms with Crippen molar-refractivity contribution in [3.8, 4) is 0 Å². The summed E-state index contributed by atoms with van der Waals surface area (Å²) < 4.78 is 0. The molecule has 0 aliphatic rings. The molecule has 0 fully saturated rings. The molecule has 144 valence electrons. The van der Waals surface area contributed by atoms with E-state index in [1.807, 2.05) is 42.1 Å². The van der Waals surface area contributed by atoms with Gasteiger partial charge in [-0.3, -0.25) is 14.9 Å². The summed E-state index contributed by atoms with van der Waals surface area (Å²) in [6.07, 6.45) is 1.78. The van der Waals surface area contributed by atoms with Gasteiger partial charge < -0.3 is 9.80 Å². The molecule has 0 bridgehead atoms. The highest BCUT2D eigenvalue weighted by molar-refractivity contribution is 5.94. The second kappa shape index (κ2) is 9.83. The highest BCUT2D eigenvalue weighted by Gasteiger charge is 2.19. The Balaban J connectivity index is 2.08. The molecule has 0 saturated carbocycles. The van der Waals surface area contributed by atoms with Crippen molar-refractivity contribution < 1.29 is 9.72 Å². The van der Waals surface area contributed by atoms with Crippen LogP contribution >= 0.6 is 0 Å². The molecule has 27 heavy (non-hydrogen) atoms. The fourth-order valence-corrected chi connectivity index (χ4v) is 2.93. The average molecular weight is 369 g/mol. The van der Waals surface area contributed by atoms with Crippen LogP contribution in [0, 0.1) is 17.0 Å². The molecule has 0 radical (unpaired) electrons. The van der Waals surface area contributed by atoms with Crippen LogP contribution in [0.25, 0.3) is 0 Å². The van der Waals surface area contributed by atoms with Crippen molar-refractivity contribution in [2.24, 2.45) is 0 Å². The quantitative estimate of drug-likeness (QED) is 0.501. The Hall–Kier alpha value is -2.73. The number of nitrogens with zero attached hydrogens (tertiary/aromatic N) is 3. The number of carbonyl (C=O) groups excluding carboxylic acids is 1. The van der Waals surface area contributed by atoms with Crippen molar-refractivity contribution >= 4 is 11.6 Å². The summed E-state index contributed by atoms with van der Waals surface area (Å²) in [4.78, 5) is 27.4. The van der Waals surface area contributed by atoms with Crippen molar-refractivity contribution in [3.63, 3.8) is 0 Å². The van der Waals surface area contributed by atoms with Crippen molar-refractivity contribution in [1.82, 2.24) is 9.80 Å². The Kier molecular flexibility index (Phi) is 7.49. The van der Waals surface area contributed by atoms with Crippen LogP contribution in [0.4, 0.5) is 5.69 Å². The van der Waals surface area contributed by atoms with Crippen LogP contribution in [0.5, 0.6) is 0 Å². The van der Waals surface area contributed by atoms with Gasteiger partial charge in [0.1, 0.15) is 0 Å². The molecule has 0 N–H and O–H groups in total. The van der Waals surface area contributed by atoms with E-state index in [0.717, 1.165) is 19.4 Å². The van der Waals surface area contributed by atoms with E-state index in [0.29, 0.717) is 24.2 Å². The molecule has 6 nitrogen and oxygen atoms in total. The number of nitro benzene ring substituents is 1. The van der Waals surface area contributed by atoms with Crippen LogP contribution in [0.3, 0.4) is 0 Å². The molecule has 0 spiro atoms. The number of likely N-dealkylation sites (N-methyl/N-ethyl adjacent to an activating group) is 1. The minimum atomic E-state index is -0.423. The Morgan fingerprint density at radius 1 is 1.04 bits per heavy atom. The lowest BCUT2D eigenvalue weighted by Crippen LogP contribution is -2.37. The van der Waals surface area contributed by atoms with Gasteiger partial charge in [-0.05, 0) is 51.6 Å². The molecule has 6 heteroatoms. The first-order chi connectivity index (χ1) is 12.9. The molecule has 0 aliphatic carbocycles. The Labute approximate surface area is 160 Å². The normalized spacial score (nSPS) is 10.8. The van der Waals surface area contributed by atoms with Crippen LogP contribution in [0.1, 0.15) is 27.9 Å². The SMILES string of the molecule is Cc1cc(C(=O)N(CCCc2ccccc2)CCN(C)C)ccc1[N+](=O)[O-]. The van der Waals surface area contributed by atoms with Crippen LogP contribution in [0.15, 0.2) is 48.5 Å². The van der Waals surface area contributed by atoms with Crippen LogP contribution in [-0.4, -0.2) is 54.4 Å². The zero-order valence-corrected chi connectivity index (χ0v) is 16.2. The molecule has 0 aromatic heterocycles. The topological polar surface area (TPSA) is 66.7 Å². The smallest absolute Gasteiger partial charge is 0.272 e. The number of carbonyl (C=O) groups is 1. The number of nitro groups is 1. The lowest BCUT2D eigenvalue weighted by molar-refractivity contribution is -0.385. The molecule has 2 aromatic carbocycles. The molecule has 0 atom stereocenters. The number of amides is 1. The first-order valence-electron chi connectivity index (χ1n) is 9.11. The number of aryl methyl sites for hydroxylation is 2. The van der Waals surface area contributed by atoms with Gasteiger partial charge in [-0.25, -0.2) is 0 Å². The van der Waals surface area contributed by atoms with E-state index in [9.17, 15) is 14.9 Å². The third-order valence-corrected chi connectivity index (χ3v) is 4.48. The molecule has 0 aliphatic heterocycles. The molecule has 1 amide bonds. The maximum atomic E-state index is 13.0. The number of hydrogen-bond donors (Lipinski definition) is 0. The Morgan fingerprint density at radius 3 is 2.33 bits per heavy atom. The summed E-state index contributed by atoms with van der Waals surface area (Å²) in [7, 11) is 3.95. The molecular formula is C21H27N3O3. The Bertz CT molecular complexity index is 775. The van der Waals surface area contributed by atoms with Crippen molar-refractivity contribution in [2.45, 2.75) is 19.8 Å². The van der Waals surface area contributed by atoms with Gasteiger partial charge in [0, 0.05) is 36.8 Å². The summed E-state index contributed by atoms with van der Waals surface area (Å²) in [5.74, 6) is -0.0806. The number of benzene rings is 2. The minimum Gasteiger partial charge on any atom is -0.337 e. The highest BCUT2D eigenvalue weighted by atomic mass is 16.6. The number of hydrogen-bond acceptors (Lipinski definition) is 4. The monoisotopic (exact) mass is 369 g/mol. The summed E-state index contributed by atoms with van der Waals surface area (Å²) in [5.41, 5.74) is 2.29. The van der Waals surface area contributed by atoms with E-state index in [-0.39, 0.29) is 11.6 Å². The first kappa shape index (κ1) is 20.6. The zero-order valence-electron chi connectivity index (χ0n) is 16.2. The van der Waals surface area contributed by atoms with Gasteiger partial charge in [-0.15, -0.1) is 0 Å². The largest absolute Gasteiger partial charge is 0.337 e. The zero-order chi connectivity index (χ0) is 19.8. The van der Waals surface area contributed by atoms with E-state index in [2.05, 4.69) is 12.1 Å². The van der Waals surface area contributed by atoms with Gasteiger partial charge in [-0.2, -0.15) is 0 Å². The summed E-state index contributed by atoms with van der Waals surface area (Å²) in [6.45, 7) is 3.70. The maximum absolute atomic E-state index is 13.0. The van der Waals surface area contributed by atoms with Gasteiger partial charge in [-0.1, -0.05) is 30.3 Å². The highest BCUT2D eigenvalue weighted by Crippen LogP contribution is 2.20. The van der Waals surface area contributed by atoms with E-state index in [4.69, 9.17) is 0 Å². The van der Waals surface area contributed by atoms with E-state index < -0.39 is 4.92 Å². The average Bonchev–Trinajstić information content (AvgIpc) is 2.64. The standard InChI is InChI=1S/C21H27N3O3/c1-17-16-19(11-12-20(17)24(26)27)21(25)23(15-14-22(2)3)13-7-10-18-8-5-4-6-9-18/h4-6,8-9,11-12,16H,7,10,13-15H2,1-3H3. The molecule has 2 rings (SSSR count). The van der Waals surface area contributed by atoms with E-state index in [1.165, 1.54) is 11.6 Å². The van der Waals surface area contributed by atoms with E-state index in [1.54, 1.807) is 19.1 Å². The van der Waals surface area contributed by atoms with Crippen LogP contribution < -0.4 is 0 Å². The van der Waals surface area contributed by atoms with Crippen molar-refractivity contribution in [1.29, 1.82) is 0 Å². The third kappa shape index (κ3) is 6.18. The predicted octanol–water partition coefficient (Wildman–Crippen LogP) is 3.54. The van der Waals surface area contributed by atoms with Crippen molar-refractivity contribution in [2.75, 3.05) is 33.7 Å². The Morgan fingerprint density at radius 2 is 1.74 bits per heavy atom. The fourth-order valence-electron chi connectivity index (χ4n) is 2.93. The molecule has 0 heterocycles. The minimum absolute atomic E-state index is 0.0375. The van der Waals surface area contributed by atoms with E-state index >= 15 is 0 Å². The second-order valence-corrected chi connectivity index (χ2v) is 6.94. The van der Waals surface area contributed by atoms with Gasteiger partial charge in [0.2, 0.25) is 0 Å². The molecular weight excluding hydrogens is 342 g/mol. The summed E-state index contributed by atoms with van der Waals surface area (Å²) in [6, 6.07) is 14.8. The second-order valence-electron chi connectivity index (χ2n) is 6.94.